The number of anilines is 3. The molecule has 0 saturated heterocycles. The Morgan fingerprint density at radius 3 is 2.47 bits per heavy atom. The van der Waals surface area contributed by atoms with Crippen LogP contribution in [0.1, 0.15) is 19.2 Å². The summed E-state index contributed by atoms with van der Waals surface area (Å²) in [5.41, 5.74) is 3.27. The molecule has 5 nitrogen and oxygen atoms in total. The van der Waals surface area contributed by atoms with Crippen molar-refractivity contribution >= 4 is 17.3 Å². The van der Waals surface area contributed by atoms with E-state index in [1.807, 2.05) is 0 Å². The minimum absolute atomic E-state index is 0.274. The highest BCUT2D eigenvalue weighted by molar-refractivity contribution is 5.58. The van der Waals surface area contributed by atoms with Crippen LogP contribution < -0.4 is 16.6 Å². The molecule has 0 spiro atoms. The first-order chi connectivity index (χ1) is 9.21. The molecule has 6 heteroatoms. The van der Waals surface area contributed by atoms with Gasteiger partial charge in [-0.1, -0.05) is 6.92 Å². The molecule has 100 valence electrons. The van der Waals surface area contributed by atoms with Crippen LogP contribution in [0.4, 0.5) is 21.7 Å². The molecule has 2 rings (SSSR count). The van der Waals surface area contributed by atoms with Gasteiger partial charge in [-0.2, -0.15) is 0 Å². The first-order valence-corrected chi connectivity index (χ1v) is 6.08. The number of nitrogens with one attached hydrogen (secondary N) is 2. The van der Waals surface area contributed by atoms with Crippen LogP contribution in [-0.4, -0.2) is 9.97 Å². The van der Waals surface area contributed by atoms with Gasteiger partial charge in [-0.15, -0.1) is 0 Å². The number of nitrogens with zero attached hydrogens (tertiary/aromatic N) is 2. The number of hydrogen-bond acceptors (Lipinski definition) is 5. The summed E-state index contributed by atoms with van der Waals surface area (Å²) in [6.45, 7) is 2.05. The molecule has 19 heavy (non-hydrogen) atoms. The molecule has 0 atom stereocenters. The van der Waals surface area contributed by atoms with Crippen LogP contribution in [0.3, 0.4) is 0 Å². The highest BCUT2D eigenvalue weighted by Gasteiger charge is 2.04. The van der Waals surface area contributed by atoms with Crippen molar-refractivity contribution in [3.63, 3.8) is 0 Å². The zero-order valence-corrected chi connectivity index (χ0v) is 10.7. The number of aryl methyl sites for hydroxylation is 1. The fourth-order valence-electron chi connectivity index (χ4n) is 1.65. The van der Waals surface area contributed by atoms with Crippen LogP contribution in [0.2, 0.25) is 0 Å². The Labute approximate surface area is 111 Å². The molecular formula is C13H16FN5. The highest BCUT2D eigenvalue weighted by Crippen LogP contribution is 2.17. The van der Waals surface area contributed by atoms with Crippen molar-refractivity contribution in [3.05, 3.63) is 42.0 Å². The van der Waals surface area contributed by atoms with E-state index in [0.29, 0.717) is 17.5 Å². The lowest BCUT2D eigenvalue weighted by Gasteiger charge is -2.09. The summed E-state index contributed by atoms with van der Waals surface area (Å²) in [6.07, 6.45) is 1.72. The zero-order chi connectivity index (χ0) is 13.7. The minimum atomic E-state index is -0.274. The van der Waals surface area contributed by atoms with Gasteiger partial charge >= 0.3 is 0 Å². The lowest BCUT2D eigenvalue weighted by atomic mass is 10.3. The van der Waals surface area contributed by atoms with Crippen LogP contribution in [0, 0.1) is 5.82 Å². The number of aromatic nitrogens is 2. The first kappa shape index (κ1) is 13.2. The quantitative estimate of drug-likeness (QED) is 0.569. The van der Waals surface area contributed by atoms with Crippen molar-refractivity contribution < 1.29 is 4.39 Å². The third-order valence-electron chi connectivity index (χ3n) is 2.51. The Kier molecular flexibility index (Phi) is 4.25. The molecule has 0 radical (unpaired) electrons. The van der Waals surface area contributed by atoms with Gasteiger partial charge < -0.3 is 10.7 Å². The Hall–Kier alpha value is -2.21. The fourth-order valence-corrected chi connectivity index (χ4v) is 1.65. The molecule has 0 amide bonds. The van der Waals surface area contributed by atoms with Gasteiger partial charge in [0.15, 0.2) is 0 Å². The molecular weight excluding hydrogens is 245 g/mol. The van der Waals surface area contributed by atoms with E-state index in [9.17, 15) is 4.39 Å². The van der Waals surface area contributed by atoms with Gasteiger partial charge in [0.25, 0.3) is 0 Å². The maximum atomic E-state index is 12.8. The molecule has 0 aliphatic heterocycles. The normalized spacial score (nSPS) is 10.3. The van der Waals surface area contributed by atoms with Crippen molar-refractivity contribution in [2.45, 2.75) is 19.8 Å². The summed E-state index contributed by atoms with van der Waals surface area (Å²) in [5, 5.41) is 3.09. The molecule has 1 aromatic carbocycles. The summed E-state index contributed by atoms with van der Waals surface area (Å²) >= 11 is 0. The van der Waals surface area contributed by atoms with E-state index in [0.717, 1.165) is 18.5 Å². The third-order valence-corrected chi connectivity index (χ3v) is 2.51. The van der Waals surface area contributed by atoms with E-state index in [1.165, 1.54) is 12.1 Å². The summed E-state index contributed by atoms with van der Waals surface area (Å²) in [7, 11) is 0. The predicted octanol–water partition coefficient (Wildman–Crippen LogP) is 2.60. The maximum Gasteiger partial charge on any atom is 0.145 e. The number of rotatable bonds is 5. The SMILES string of the molecule is CCCc1nc(NN)cc(Nc2ccc(F)cc2)n1. The second-order valence-electron chi connectivity index (χ2n) is 4.08. The average Bonchev–Trinajstić information content (AvgIpc) is 2.41. The Balaban J connectivity index is 2.23. The number of halogens is 1. The first-order valence-electron chi connectivity index (χ1n) is 6.08. The summed E-state index contributed by atoms with van der Waals surface area (Å²) < 4.78 is 12.8. The van der Waals surface area contributed by atoms with Crippen LogP contribution in [-0.2, 0) is 6.42 Å². The molecule has 0 aliphatic rings. The van der Waals surface area contributed by atoms with Gasteiger partial charge in [0.2, 0.25) is 0 Å². The average molecular weight is 261 g/mol. The Morgan fingerprint density at radius 1 is 1.16 bits per heavy atom. The van der Waals surface area contributed by atoms with Gasteiger partial charge in [-0.3, -0.25) is 0 Å². The largest absolute Gasteiger partial charge is 0.340 e. The summed E-state index contributed by atoms with van der Waals surface area (Å²) in [4.78, 5) is 8.63. The van der Waals surface area contributed by atoms with Gasteiger partial charge in [-0.05, 0) is 30.7 Å². The molecule has 1 aromatic heterocycles. The molecule has 0 unspecified atom stereocenters. The molecule has 2 aromatic rings. The number of hydrazine groups is 1. The molecule has 4 N–H and O–H groups in total. The van der Waals surface area contributed by atoms with Gasteiger partial charge in [-0.25, -0.2) is 20.2 Å². The fraction of sp³-hybridized carbons (Fsp3) is 0.231. The predicted molar refractivity (Wildman–Crippen MR) is 73.5 cm³/mol. The highest BCUT2D eigenvalue weighted by atomic mass is 19.1. The number of hydrogen-bond donors (Lipinski definition) is 3. The van der Waals surface area contributed by atoms with E-state index in [-0.39, 0.29) is 5.82 Å². The molecule has 1 heterocycles. The van der Waals surface area contributed by atoms with Gasteiger partial charge in [0.05, 0.1) is 0 Å². The van der Waals surface area contributed by atoms with Crippen LogP contribution in [0.5, 0.6) is 0 Å². The van der Waals surface area contributed by atoms with Crippen molar-refractivity contribution in [1.29, 1.82) is 0 Å². The zero-order valence-electron chi connectivity index (χ0n) is 10.7. The van der Waals surface area contributed by atoms with Gasteiger partial charge in [0, 0.05) is 18.2 Å². The monoisotopic (exact) mass is 261 g/mol. The van der Waals surface area contributed by atoms with E-state index in [4.69, 9.17) is 5.84 Å². The van der Waals surface area contributed by atoms with Crippen LogP contribution in [0.25, 0.3) is 0 Å². The summed E-state index contributed by atoms with van der Waals surface area (Å²) in [6, 6.07) is 7.76. The van der Waals surface area contributed by atoms with Crippen molar-refractivity contribution in [2.75, 3.05) is 10.7 Å². The third kappa shape index (κ3) is 3.62. The Bertz CT molecular complexity index is 541. The van der Waals surface area contributed by atoms with Gasteiger partial charge in [0.1, 0.15) is 23.3 Å². The topological polar surface area (TPSA) is 75.9 Å². The van der Waals surface area contributed by atoms with E-state index < -0.39 is 0 Å². The number of nitrogen functional groups attached to an aromatic ring is 1. The number of benzene rings is 1. The molecule has 0 aliphatic carbocycles. The lowest BCUT2D eigenvalue weighted by molar-refractivity contribution is 0.628. The minimum Gasteiger partial charge on any atom is -0.340 e. The van der Waals surface area contributed by atoms with Crippen molar-refractivity contribution in [2.24, 2.45) is 5.84 Å². The molecule has 0 fully saturated rings. The number of nitrogens with two attached hydrogens (primary N) is 1. The standard InChI is InChI=1S/C13H16FN5/c1-2-3-11-17-12(8-13(18-11)19-15)16-10-6-4-9(14)5-7-10/h4-8H,2-3,15H2,1H3,(H2,16,17,18,19). The lowest BCUT2D eigenvalue weighted by Crippen LogP contribution is -2.11. The van der Waals surface area contributed by atoms with E-state index in [2.05, 4.69) is 27.6 Å². The second-order valence-corrected chi connectivity index (χ2v) is 4.08. The van der Waals surface area contributed by atoms with Crippen LogP contribution >= 0.6 is 0 Å². The Morgan fingerprint density at radius 2 is 1.84 bits per heavy atom. The van der Waals surface area contributed by atoms with E-state index in [1.54, 1.807) is 18.2 Å². The molecule has 0 saturated carbocycles. The van der Waals surface area contributed by atoms with Crippen molar-refractivity contribution in [1.82, 2.24) is 9.97 Å². The second kappa shape index (κ2) is 6.10. The molecule has 0 bridgehead atoms. The maximum absolute atomic E-state index is 12.8. The smallest absolute Gasteiger partial charge is 0.145 e. The van der Waals surface area contributed by atoms with Crippen molar-refractivity contribution in [3.8, 4) is 0 Å². The van der Waals surface area contributed by atoms with Crippen LogP contribution in [0.15, 0.2) is 30.3 Å². The summed E-state index contributed by atoms with van der Waals surface area (Å²) in [5.74, 6) is 6.98. The van der Waals surface area contributed by atoms with E-state index >= 15 is 0 Å².